The minimum atomic E-state index is -1.54. The molecule has 0 aliphatic carbocycles. The van der Waals surface area contributed by atoms with Gasteiger partial charge in [-0.05, 0) is 0 Å². The van der Waals surface area contributed by atoms with Crippen LogP contribution in [0.3, 0.4) is 0 Å². The minimum Gasteiger partial charge on any atom is -0.476 e. The normalized spacial score (nSPS) is 10.6. The topological polar surface area (TPSA) is 138 Å². The number of carboxylic acid groups (broad SMARTS) is 1. The van der Waals surface area contributed by atoms with E-state index in [1.807, 2.05) is 4.98 Å². The lowest BCUT2D eigenvalue weighted by Gasteiger charge is -2.03. The van der Waals surface area contributed by atoms with Gasteiger partial charge in [-0.3, -0.25) is 24.1 Å². The summed E-state index contributed by atoms with van der Waals surface area (Å²) in [6, 6.07) is 0. The fraction of sp³-hybridized carbons (Fsp3) is 0.125. The highest BCUT2D eigenvalue weighted by molar-refractivity contribution is 5.87. The van der Waals surface area contributed by atoms with E-state index in [0.29, 0.717) is 0 Å². The number of aryl methyl sites for hydroxylation is 1. The first kappa shape index (κ1) is 10.8. The fourth-order valence-corrected chi connectivity index (χ4v) is 1.37. The van der Waals surface area contributed by atoms with Crippen LogP contribution in [-0.4, -0.2) is 30.6 Å². The highest BCUT2D eigenvalue weighted by Crippen LogP contribution is 1.98. The molecule has 0 radical (unpaired) electrons. The Morgan fingerprint density at radius 2 is 1.94 bits per heavy atom. The van der Waals surface area contributed by atoms with Crippen LogP contribution in [0, 0.1) is 0 Å². The summed E-state index contributed by atoms with van der Waals surface area (Å²) >= 11 is 0. The number of carbonyl (C=O) groups is 1. The second-order valence-electron chi connectivity index (χ2n) is 3.24. The van der Waals surface area contributed by atoms with E-state index in [-0.39, 0.29) is 11.2 Å². The number of aromatic carboxylic acids is 1. The Labute approximate surface area is 91.4 Å². The van der Waals surface area contributed by atoms with E-state index < -0.39 is 28.5 Å². The van der Waals surface area contributed by atoms with Crippen LogP contribution in [0.5, 0.6) is 0 Å². The Hall–Kier alpha value is -2.71. The number of aromatic nitrogens is 4. The molecule has 3 N–H and O–H groups in total. The Bertz CT molecular complexity index is 796. The maximum atomic E-state index is 11.5. The monoisotopic (exact) mass is 238 g/mol. The molecular weight excluding hydrogens is 232 g/mol. The van der Waals surface area contributed by atoms with Crippen molar-refractivity contribution >= 4 is 17.1 Å². The predicted molar refractivity (Wildman–Crippen MR) is 55.2 cm³/mol. The van der Waals surface area contributed by atoms with Crippen molar-refractivity contribution < 1.29 is 9.90 Å². The maximum Gasteiger partial charge on any atom is 0.360 e. The second kappa shape index (κ2) is 3.40. The van der Waals surface area contributed by atoms with Gasteiger partial charge in [0.1, 0.15) is 5.65 Å². The number of hydrogen-bond acceptors (Lipinski definition) is 5. The summed E-state index contributed by atoms with van der Waals surface area (Å²) in [5.41, 5.74) is -3.80. The number of H-pyrrole nitrogens is 2. The zero-order valence-corrected chi connectivity index (χ0v) is 8.47. The summed E-state index contributed by atoms with van der Waals surface area (Å²) in [4.78, 5) is 52.2. The largest absolute Gasteiger partial charge is 0.476 e. The fourth-order valence-electron chi connectivity index (χ4n) is 1.37. The first-order valence-corrected chi connectivity index (χ1v) is 4.38. The molecule has 0 saturated carbocycles. The van der Waals surface area contributed by atoms with Gasteiger partial charge in [-0.15, -0.1) is 0 Å². The standard InChI is InChI=1S/C8H6N4O5/c1-12-4-2(5(13)11-8(17)10-4)9-3(6(12)14)7(15)16/h1H3,(H,15,16)(H2,10,11,13,17). The second-order valence-corrected chi connectivity index (χ2v) is 3.24. The Morgan fingerprint density at radius 3 is 2.53 bits per heavy atom. The van der Waals surface area contributed by atoms with Crippen molar-refractivity contribution in [3.8, 4) is 0 Å². The summed E-state index contributed by atoms with van der Waals surface area (Å²) < 4.78 is 0.850. The van der Waals surface area contributed by atoms with Gasteiger partial charge in [-0.2, -0.15) is 0 Å². The summed E-state index contributed by atoms with van der Waals surface area (Å²) in [6.45, 7) is 0. The van der Waals surface area contributed by atoms with E-state index in [4.69, 9.17) is 5.11 Å². The molecule has 0 aliphatic heterocycles. The molecule has 0 atom stereocenters. The van der Waals surface area contributed by atoms with Gasteiger partial charge in [0.25, 0.3) is 11.1 Å². The number of fused-ring (bicyclic) bond motifs is 1. The van der Waals surface area contributed by atoms with Gasteiger partial charge in [0.05, 0.1) is 0 Å². The molecule has 0 amide bonds. The van der Waals surface area contributed by atoms with Crippen molar-refractivity contribution in [2.24, 2.45) is 7.05 Å². The van der Waals surface area contributed by atoms with E-state index in [2.05, 4.69) is 9.97 Å². The molecule has 2 aromatic heterocycles. The molecule has 2 aromatic rings. The molecule has 0 aliphatic rings. The van der Waals surface area contributed by atoms with Gasteiger partial charge < -0.3 is 5.11 Å². The van der Waals surface area contributed by atoms with E-state index in [1.165, 1.54) is 7.05 Å². The molecule has 0 aromatic carbocycles. The van der Waals surface area contributed by atoms with Crippen LogP contribution in [0.4, 0.5) is 0 Å². The number of hydrogen-bond donors (Lipinski definition) is 3. The average molecular weight is 238 g/mol. The summed E-state index contributed by atoms with van der Waals surface area (Å²) in [7, 11) is 1.23. The lowest BCUT2D eigenvalue weighted by Crippen LogP contribution is -2.32. The van der Waals surface area contributed by atoms with E-state index in [0.717, 1.165) is 4.57 Å². The quantitative estimate of drug-likeness (QED) is 0.525. The van der Waals surface area contributed by atoms with E-state index >= 15 is 0 Å². The van der Waals surface area contributed by atoms with Crippen LogP contribution in [0.1, 0.15) is 10.5 Å². The Balaban J connectivity index is 3.13. The molecule has 17 heavy (non-hydrogen) atoms. The van der Waals surface area contributed by atoms with Gasteiger partial charge in [0, 0.05) is 7.05 Å². The van der Waals surface area contributed by atoms with Crippen LogP contribution in [0.15, 0.2) is 14.4 Å². The maximum absolute atomic E-state index is 11.5. The zero-order valence-electron chi connectivity index (χ0n) is 8.47. The van der Waals surface area contributed by atoms with Crippen molar-refractivity contribution in [2.45, 2.75) is 0 Å². The van der Waals surface area contributed by atoms with Crippen LogP contribution in [0.2, 0.25) is 0 Å². The summed E-state index contributed by atoms with van der Waals surface area (Å²) in [6.07, 6.45) is 0. The summed E-state index contributed by atoms with van der Waals surface area (Å²) in [5, 5.41) is 8.74. The van der Waals surface area contributed by atoms with Gasteiger partial charge in [0.15, 0.2) is 5.52 Å². The van der Waals surface area contributed by atoms with Gasteiger partial charge in [0.2, 0.25) is 5.69 Å². The molecule has 2 rings (SSSR count). The third-order valence-corrected chi connectivity index (χ3v) is 2.17. The molecule has 0 unspecified atom stereocenters. The molecule has 88 valence electrons. The molecule has 0 fully saturated rings. The number of nitrogens with one attached hydrogen (secondary N) is 2. The van der Waals surface area contributed by atoms with Gasteiger partial charge in [-0.1, -0.05) is 0 Å². The van der Waals surface area contributed by atoms with Crippen LogP contribution >= 0.6 is 0 Å². The first-order chi connectivity index (χ1) is 7.91. The highest BCUT2D eigenvalue weighted by atomic mass is 16.4. The van der Waals surface area contributed by atoms with Crippen molar-refractivity contribution in [1.82, 2.24) is 19.5 Å². The molecule has 9 nitrogen and oxygen atoms in total. The number of carboxylic acids is 1. The van der Waals surface area contributed by atoms with E-state index in [1.54, 1.807) is 0 Å². The van der Waals surface area contributed by atoms with E-state index in [9.17, 15) is 19.2 Å². The zero-order chi connectivity index (χ0) is 12.7. The third-order valence-electron chi connectivity index (χ3n) is 2.17. The molecular formula is C8H6N4O5. The Morgan fingerprint density at radius 1 is 1.29 bits per heavy atom. The molecule has 0 spiro atoms. The number of rotatable bonds is 1. The van der Waals surface area contributed by atoms with Crippen LogP contribution in [0.25, 0.3) is 11.2 Å². The number of nitrogens with zero attached hydrogens (tertiary/aromatic N) is 2. The molecule has 2 heterocycles. The lowest BCUT2D eigenvalue weighted by atomic mass is 10.4. The smallest absolute Gasteiger partial charge is 0.360 e. The first-order valence-electron chi connectivity index (χ1n) is 4.38. The minimum absolute atomic E-state index is 0.131. The average Bonchev–Trinajstić information content (AvgIpc) is 2.23. The van der Waals surface area contributed by atoms with Gasteiger partial charge in [-0.25, -0.2) is 14.6 Å². The van der Waals surface area contributed by atoms with Crippen molar-refractivity contribution in [3.63, 3.8) is 0 Å². The predicted octanol–water partition coefficient (Wildman–Crippen LogP) is -1.99. The summed E-state index contributed by atoms with van der Waals surface area (Å²) in [5.74, 6) is -1.54. The van der Waals surface area contributed by atoms with Crippen molar-refractivity contribution in [3.05, 3.63) is 36.9 Å². The molecule has 0 bridgehead atoms. The van der Waals surface area contributed by atoms with Crippen LogP contribution in [-0.2, 0) is 7.05 Å². The highest BCUT2D eigenvalue weighted by Gasteiger charge is 2.16. The third kappa shape index (κ3) is 1.53. The van der Waals surface area contributed by atoms with Gasteiger partial charge >= 0.3 is 11.7 Å². The number of aromatic amines is 2. The Kier molecular flexibility index (Phi) is 2.16. The SMILES string of the molecule is Cn1c(=O)c(C(=O)O)nc2c(=O)[nH]c(=O)[nH]c21. The lowest BCUT2D eigenvalue weighted by molar-refractivity contribution is 0.0688. The van der Waals surface area contributed by atoms with Crippen molar-refractivity contribution in [1.29, 1.82) is 0 Å². The van der Waals surface area contributed by atoms with Crippen LogP contribution < -0.4 is 16.8 Å². The molecule has 9 heteroatoms. The molecule has 0 saturated heterocycles. The van der Waals surface area contributed by atoms with Crippen molar-refractivity contribution in [2.75, 3.05) is 0 Å².